The summed E-state index contributed by atoms with van der Waals surface area (Å²) in [5.74, 6) is -0.321. The lowest BCUT2D eigenvalue weighted by atomic mass is 10.1. The molecule has 0 saturated heterocycles. The number of amides is 3. The highest BCUT2D eigenvalue weighted by atomic mass is 16.5. The van der Waals surface area contributed by atoms with Crippen molar-refractivity contribution in [2.45, 2.75) is 26.3 Å². The molecule has 0 aliphatic carbocycles. The molecule has 0 radical (unpaired) electrons. The molecule has 2 aromatic carbocycles. The Hall–Kier alpha value is -3.35. The lowest BCUT2D eigenvalue weighted by Crippen LogP contribution is -2.49. The minimum Gasteiger partial charge on any atom is -0.457 e. The van der Waals surface area contributed by atoms with Crippen molar-refractivity contribution in [2.75, 3.05) is 6.61 Å². The van der Waals surface area contributed by atoms with E-state index < -0.39 is 30.1 Å². The lowest BCUT2D eigenvalue weighted by Gasteiger charge is -2.20. The van der Waals surface area contributed by atoms with Gasteiger partial charge in [0.1, 0.15) is 11.5 Å². The number of urea groups is 1. The first kappa shape index (κ1) is 20.0. The van der Waals surface area contributed by atoms with Crippen molar-refractivity contribution in [2.24, 2.45) is 0 Å². The van der Waals surface area contributed by atoms with Crippen LogP contribution in [0.1, 0.15) is 31.1 Å². The normalized spacial score (nSPS) is 10.6. The fourth-order valence-electron chi connectivity index (χ4n) is 2.06. The standard InChI is InChI=1S/C20H22N2O5/c1-20(2,3)22-19(25)21-17(23)13-26-18(24)14-8-7-11-16(12-14)27-15-9-5-4-6-10-15/h4-12H,13H2,1-3H3,(H2,21,22,23,25). The molecule has 27 heavy (non-hydrogen) atoms. The summed E-state index contributed by atoms with van der Waals surface area (Å²) in [6.45, 7) is 4.77. The van der Waals surface area contributed by atoms with E-state index in [4.69, 9.17) is 9.47 Å². The first-order valence-electron chi connectivity index (χ1n) is 8.35. The summed E-state index contributed by atoms with van der Waals surface area (Å²) in [5.41, 5.74) is -0.254. The zero-order chi connectivity index (χ0) is 19.9. The van der Waals surface area contributed by atoms with E-state index in [9.17, 15) is 14.4 Å². The summed E-state index contributed by atoms with van der Waals surface area (Å²) in [7, 11) is 0. The van der Waals surface area contributed by atoms with Gasteiger partial charge in [-0.25, -0.2) is 9.59 Å². The van der Waals surface area contributed by atoms with Crippen molar-refractivity contribution in [3.63, 3.8) is 0 Å². The molecule has 2 N–H and O–H groups in total. The van der Waals surface area contributed by atoms with Gasteiger partial charge in [-0.05, 0) is 51.1 Å². The molecular weight excluding hydrogens is 348 g/mol. The quantitative estimate of drug-likeness (QED) is 0.788. The Kier molecular flexibility index (Phi) is 6.54. The predicted octanol–water partition coefficient (Wildman–Crippen LogP) is 3.26. The molecule has 0 bridgehead atoms. The van der Waals surface area contributed by atoms with Crippen LogP contribution in [-0.4, -0.2) is 30.1 Å². The Morgan fingerprint density at radius 1 is 0.926 bits per heavy atom. The predicted molar refractivity (Wildman–Crippen MR) is 99.7 cm³/mol. The second-order valence-corrected chi connectivity index (χ2v) is 6.77. The van der Waals surface area contributed by atoms with E-state index in [0.717, 1.165) is 0 Å². The van der Waals surface area contributed by atoms with Gasteiger partial charge in [0.05, 0.1) is 5.56 Å². The SMILES string of the molecule is CC(C)(C)NC(=O)NC(=O)COC(=O)c1cccc(Oc2ccccc2)c1. The first-order valence-corrected chi connectivity index (χ1v) is 8.35. The van der Waals surface area contributed by atoms with Crippen LogP contribution >= 0.6 is 0 Å². The third kappa shape index (κ3) is 7.19. The van der Waals surface area contributed by atoms with Gasteiger partial charge in [0.2, 0.25) is 0 Å². The van der Waals surface area contributed by atoms with Crippen molar-refractivity contribution >= 4 is 17.9 Å². The number of imide groups is 1. The van der Waals surface area contributed by atoms with E-state index in [2.05, 4.69) is 10.6 Å². The number of hydrogen-bond acceptors (Lipinski definition) is 5. The molecule has 0 unspecified atom stereocenters. The minimum atomic E-state index is -0.721. The molecule has 0 aliphatic heterocycles. The molecule has 0 atom stereocenters. The van der Waals surface area contributed by atoms with Gasteiger partial charge in [0, 0.05) is 5.54 Å². The number of para-hydroxylation sites is 1. The van der Waals surface area contributed by atoms with Gasteiger partial charge in [0.25, 0.3) is 5.91 Å². The summed E-state index contributed by atoms with van der Waals surface area (Å²) in [6.07, 6.45) is 0. The number of esters is 1. The van der Waals surface area contributed by atoms with E-state index in [-0.39, 0.29) is 5.56 Å². The van der Waals surface area contributed by atoms with Crippen LogP contribution in [0.25, 0.3) is 0 Å². The topological polar surface area (TPSA) is 93.7 Å². The molecule has 7 nitrogen and oxygen atoms in total. The monoisotopic (exact) mass is 370 g/mol. The van der Waals surface area contributed by atoms with Gasteiger partial charge in [-0.1, -0.05) is 24.3 Å². The zero-order valence-electron chi connectivity index (χ0n) is 15.4. The van der Waals surface area contributed by atoms with Crippen LogP contribution in [0.4, 0.5) is 4.79 Å². The van der Waals surface area contributed by atoms with Crippen molar-refractivity contribution in [3.8, 4) is 11.5 Å². The number of nitrogens with one attached hydrogen (secondary N) is 2. The third-order valence-electron chi connectivity index (χ3n) is 3.12. The summed E-state index contributed by atoms with van der Waals surface area (Å²) in [5, 5.41) is 4.67. The maximum atomic E-state index is 12.1. The summed E-state index contributed by atoms with van der Waals surface area (Å²) in [4.78, 5) is 35.4. The molecule has 142 valence electrons. The Bertz CT molecular complexity index is 813. The fraction of sp³-hybridized carbons (Fsp3) is 0.250. The van der Waals surface area contributed by atoms with Gasteiger partial charge in [0.15, 0.2) is 6.61 Å². The molecule has 2 aromatic rings. The van der Waals surface area contributed by atoms with Crippen LogP contribution in [0.5, 0.6) is 11.5 Å². The van der Waals surface area contributed by atoms with E-state index in [1.165, 1.54) is 6.07 Å². The van der Waals surface area contributed by atoms with Gasteiger partial charge in [-0.3, -0.25) is 10.1 Å². The van der Waals surface area contributed by atoms with Gasteiger partial charge < -0.3 is 14.8 Å². The van der Waals surface area contributed by atoms with E-state index >= 15 is 0 Å². The summed E-state index contributed by atoms with van der Waals surface area (Å²) >= 11 is 0. The minimum absolute atomic E-state index is 0.232. The van der Waals surface area contributed by atoms with E-state index in [0.29, 0.717) is 11.5 Å². The van der Waals surface area contributed by atoms with Crippen LogP contribution in [0, 0.1) is 0 Å². The van der Waals surface area contributed by atoms with Crippen LogP contribution in [0.3, 0.4) is 0 Å². The molecule has 0 fully saturated rings. The largest absolute Gasteiger partial charge is 0.457 e. The van der Waals surface area contributed by atoms with Crippen LogP contribution < -0.4 is 15.4 Å². The van der Waals surface area contributed by atoms with Crippen LogP contribution in [0.2, 0.25) is 0 Å². The smallest absolute Gasteiger partial charge is 0.338 e. The molecule has 3 amide bonds. The van der Waals surface area contributed by atoms with Gasteiger partial charge in [-0.2, -0.15) is 0 Å². The van der Waals surface area contributed by atoms with Crippen LogP contribution in [-0.2, 0) is 9.53 Å². The number of rotatable bonds is 5. The van der Waals surface area contributed by atoms with E-state index in [1.807, 2.05) is 18.2 Å². The molecule has 0 heterocycles. The highest BCUT2D eigenvalue weighted by Gasteiger charge is 2.17. The Morgan fingerprint density at radius 3 is 2.26 bits per heavy atom. The number of carbonyl (C=O) groups excluding carboxylic acids is 3. The average molecular weight is 370 g/mol. The van der Waals surface area contributed by atoms with Gasteiger partial charge >= 0.3 is 12.0 Å². The maximum absolute atomic E-state index is 12.1. The van der Waals surface area contributed by atoms with Crippen molar-refractivity contribution in [1.29, 1.82) is 0 Å². The molecule has 7 heteroatoms. The molecule has 2 rings (SSSR count). The molecular formula is C20H22N2O5. The highest BCUT2D eigenvalue weighted by Crippen LogP contribution is 2.22. The molecule has 0 aliphatic rings. The summed E-state index contributed by atoms with van der Waals surface area (Å²) in [6, 6.07) is 14.9. The number of hydrogen-bond donors (Lipinski definition) is 2. The third-order valence-corrected chi connectivity index (χ3v) is 3.12. The molecule has 0 aromatic heterocycles. The second-order valence-electron chi connectivity index (χ2n) is 6.77. The number of ether oxygens (including phenoxy) is 2. The zero-order valence-corrected chi connectivity index (χ0v) is 15.4. The number of carbonyl (C=O) groups is 3. The Labute approximate surface area is 157 Å². The fourth-order valence-corrected chi connectivity index (χ4v) is 2.06. The lowest BCUT2D eigenvalue weighted by molar-refractivity contribution is -0.123. The maximum Gasteiger partial charge on any atom is 0.338 e. The van der Waals surface area contributed by atoms with Crippen molar-refractivity contribution in [1.82, 2.24) is 10.6 Å². The number of benzene rings is 2. The van der Waals surface area contributed by atoms with Crippen molar-refractivity contribution < 1.29 is 23.9 Å². The van der Waals surface area contributed by atoms with Crippen LogP contribution in [0.15, 0.2) is 54.6 Å². The average Bonchev–Trinajstić information content (AvgIpc) is 2.59. The van der Waals surface area contributed by atoms with Gasteiger partial charge in [-0.15, -0.1) is 0 Å². The summed E-state index contributed by atoms with van der Waals surface area (Å²) < 4.78 is 10.6. The highest BCUT2D eigenvalue weighted by molar-refractivity contribution is 5.97. The van der Waals surface area contributed by atoms with Crippen molar-refractivity contribution in [3.05, 3.63) is 60.2 Å². The first-order chi connectivity index (χ1) is 12.7. The Balaban J connectivity index is 1.88. The Morgan fingerprint density at radius 2 is 1.59 bits per heavy atom. The van der Waals surface area contributed by atoms with E-state index in [1.54, 1.807) is 51.1 Å². The molecule has 0 spiro atoms. The second kappa shape index (κ2) is 8.84. The molecule has 0 saturated carbocycles.